The van der Waals surface area contributed by atoms with Gasteiger partial charge in [0.05, 0.1) is 0 Å². The van der Waals surface area contributed by atoms with Crippen molar-refractivity contribution in [3.8, 4) is 11.5 Å². The normalized spacial score (nSPS) is 24.7. The van der Waals surface area contributed by atoms with E-state index in [4.69, 9.17) is 4.74 Å². The molecular weight excluding hydrogens is 314 g/mol. The standard InChI is InChI=1S/C20H23N3O2/c24-20(12-14-10-16-4-5-17(11-14)22-16)23-15-2-1-3-19(13-15)25-18-6-8-21-9-7-18/h1-3,6-9,13-14,16-17,22H,4-5,10-12H2,(H,23,24). The van der Waals surface area contributed by atoms with Gasteiger partial charge in [0, 0.05) is 42.7 Å². The van der Waals surface area contributed by atoms with Gasteiger partial charge in [-0.15, -0.1) is 0 Å². The summed E-state index contributed by atoms with van der Waals surface area (Å²) in [5.41, 5.74) is 0.772. The van der Waals surface area contributed by atoms with Crippen molar-refractivity contribution in [1.29, 1.82) is 0 Å². The monoisotopic (exact) mass is 337 g/mol. The van der Waals surface area contributed by atoms with E-state index in [0.29, 0.717) is 30.2 Å². The number of rotatable bonds is 5. The molecule has 1 aromatic carbocycles. The zero-order valence-corrected chi connectivity index (χ0v) is 14.2. The minimum absolute atomic E-state index is 0.0901. The Labute approximate surface area is 147 Å². The van der Waals surface area contributed by atoms with Gasteiger partial charge in [-0.3, -0.25) is 9.78 Å². The van der Waals surface area contributed by atoms with E-state index in [1.807, 2.05) is 24.3 Å². The van der Waals surface area contributed by atoms with E-state index >= 15 is 0 Å². The van der Waals surface area contributed by atoms with Crippen LogP contribution in [0.25, 0.3) is 0 Å². The summed E-state index contributed by atoms with van der Waals surface area (Å²) in [6, 6.07) is 12.3. The Bertz CT molecular complexity index is 723. The number of fused-ring (bicyclic) bond motifs is 2. The minimum atomic E-state index is 0.0901. The fourth-order valence-electron chi connectivity index (χ4n) is 4.00. The Morgan fingerprint density at radius 1 is 1.12 bits per heavy atom. The van der Waals surface area contributed by atoms with Gasteiger partial charge in [-0.05, 0) is 55.9 Å². The molecule has 2 N–H and O–H groups in total. The Morgan fingerprint density at radius 2 is 1.88 bits per heavy atom. The molecule has 2 fully saturated rings. The summed E-state index contributed by atoms with van der Waals surface area (Å²) in [6.45, 7) is 0. The molecule has 1 amide bonds. The number of amides is 1. The number of aromatic nitrogens is 1. The highest BCUT2D eigenvalue weighted by Crippen LogP contribution is 2.33. The smallest absolute Gasteiger partial charge is 0.224 e. The third-order valence-electron chi connectivity index (χ3n) is 5.05. The van der Waals surface area contributed by atoms with Crippen molar-refractivity contribution in [2.24, 2.45) is 5.92 Å². The molecule has 5 nitrogen and oxygen atoms in total. The third kappa shape index (κ3) is 4.17. The first-order valence-corrected chi connectivity index (χ1v) is 8.98. The predicted molar refractivity (Wildman–Crippen MR) is 96.7 cm³/mol. The van der Waals surface area contributed by atoms with Gasteiger partial charge in [-0.1, -0.05) is 6.07 Å². The van der Waals surface area contributed by atoms with Crippen molar-refractivity contribution in [3.05, 3.63) is 48.8 Å². The van der Waals surface area contributed by atoms with Gasteiger partial charge >= 0.3 is 0 Å². The quantitative estimate of drug-likeness (QED) is 0.872. The molecule has 2 aliphatic heterocycles. The molecule has 2 saturated heterocycles. The lowest BCUT2D eigenvalue weighted by molar-refractivity contribution is -0.117. The lowest BCUT2D eigenvalue weighted by atomic mass is 9.89. The molecule has 0 spiro atoms. The zero-order valence-electron chi connectivity index (χ0n) is 14.2. The molecule has 2 aliphatic rings. The van der Waals surface area contributed by atoms with Gasteiger partial charge in [0.2, 0.25) is 5.91 Å². The predicted octanol–water partition coefficient (Wildman–Crippen LogP) is 3.73. The average Bonchev–Trinajstić information content (AvgIpc) is 2.94. The number of hydrogen-bond acceptors (Lipinski definition) is 4. The maximum Gasteiger partial charge on any atom is 0.224 e. The Hall–Kier alpha value is -2.40. The number of carbonyl (C=O) groups excluding carboxylic acids is 1. The first-order valence-electron chi connectivity index (χ1n) is 8.98. The molecule has 130 valence electrons. The van der Waals surface area contributed by atoms with Crippen molar-refractivity contribution in [1.82, 2.24) is 10.3 Å². The number of pyridine rings is 1. The Balaban J connectivity index is 1.34. The maximum absolute atomic E-state index is 12.4. The molecule has 5 heteroatoms. The van der Waals surface area contributed by atoms with Crippen molar-refractivity contribution < 1.29 is 9.53 Å². The molecule has 2 bridgehead atoms. The second-order valence-electron chi connectivity index (χ2n) is 7.04. The summed E-state index contributed by atoms with van der Waals surface area (Å²) >= 11 is 0. The van der Waals surface area contributed by atoms with Crippen molar-refractivity contribution in [2.75, 3.05) is 5.32 Å². The van der Waals surface area contributed by atoms with E-state index in [9.17, 15) is 4.79 Å². The summed E-state index contributed by atoms with van der Waals surface area (Å²) in [7, 11) is 0. The number of carbonyl (C=O) groups is 1. The van der Waals surface area contributed by atoms with Gasteiger partial charge in [0.25, 0.3) is 0 Å². The van der Waals surface area contributed by atoms with E-state index in [0.717, 1.165) is 24.3 Å². The molecule has 2 atom stereocenters. The highest BCUT2D eigenvalue weighted by atomic mass is 16.5. The van der Waals surface area contributed by atoms with Crippen LogP contribution in [0.2, 0.25) is 0 Å². The second kappa shape index (κ2) is 7.23. The molecule has 2 unspecified atom stereocenters. The summed E-state index contributed by atoms with van der Waals surface area (Å²) in [5, 5.41) is 6.63. The summed E-state index contributed by atoms with van der Waals surface area (Å²) < 4.78 is 5.79. The number of ether oxygens (including phenoxy) is 1. The van der Waals surface area contributed by atoms with Crippen LogP contribution in [0.4, 0.5) is 5.69 Å². The fraction of sp³-hybridized carbons (Fsp3) is 0.400. The third-order valence-corrected chi connectivity index (χ3v) is 5.05. The average molecular weight is 337 g/mol. The van der Waals surface area contributed by atoms with E-state index in [2.05, 4.69) is 15.6 Å². The number of piperidine rings is 1. The fourth-order valence-corrected chi connectivity index (χ4v) is 4.00. The number of benzene rings is 1. The molecule has 2 aromatic rings. The van der Waals surface area contributed by atoms with Crippen LogP contribution < -0.4 is 15.4 Å². The van der Waals surface area contributed by atoms with Crippen molar-refractivity contribution >= 4 is 11.6 Å². The molecule has 1 aromatic heterocycles. The highest BCUT2D eigenvalue weighted by molar-refractivity contribution is 5.91. The lowest BCUT2D eigenvalue weighted by Gasteiger charge is -2.28. The van der Waals surface area contributed by atoms with Crippen LogP contribution in [0.3, 0.4) is 0 Å². The van der Waals surface area contributed by atoms with Gasteiger partial charge in [0.15, 0.2) is 0 Å². The van der Waals surface area contributed by atoms with E-state index in [1.165, 1.54) is 12.8 Å². The van der Waals surface area contributed by atoms with E-state index in [1.54, 1.807) is 24.5 Å². The molecule has 25 heavy (non-hydrogen) atoms. The van der Waals surface area contributed by atoms with Crippen LogP contribution in [0.1, 0.15) is 32.1 Å². The SMILES string of the molecule is O=C(CC1CC2CCC(C1)N2)Nc1cccc(Oc2ccncc2)c1. The summed E-state index contributed by atoms with van der Waals surface area (Å²) in [6.07, 6.45) is 8.74. The number of hydrogen-bond donors (Lipinski definition) is 2. The number of nitrogens with zero attached hydrogens (tertiary/aromatic N) is 1. The van der Waals surface area contributed by atoms with E-state index < -0.39 is 0 Å². The van der Waals surface area contributed by atoms with Crippen LogP contribution >= 0.6 is 0 Å². The van der Waals surface area contributed by atoms with E-state index in [-0.39, 0.29) is 5.91 Å². The Kier molecular flexibility index (Phi) is 4.65. The highest BCUT2D eigenvalue weighted by Gasteiger charge is 2.34. The van der Waals surface area contributed by atoms with Gasteiger partial charge in [-0.2, -0.15) is 0 Å². The largest absolute Gasteiger partial charge is 0.457 e. The van der Waals surface area contributed by atoms with Crippen molar-refractivity contribution in [2.45, 2.75) is 44.2 Å². The van der Waals surface area contributed by atoms with Gasteiger partial charge in [0.1, 0.15) is 11.5 Å². The Morgan fingerprint density at radius 3 is 2.64 bits per heavy atom. The molecule has 0 saturated carbocycles. The first kappa shape index (κ1) is 16.1. The maximum atomic E-state index is 12.4. The zero-order chi connectivity index (χ0) is 17.1. The molecular formula is C20H23N3O2. The molecule has 0 aliphatic carbocycles. The van der Waals surface area contributed by atoms with Crippen LogP contribution in [-0.2, 0) is 4.79 Å². The minimum Gasteiger partial charge on any atom is -0.457 e. The van der Waals surface area contributed by atoms with Gasteiger partial charge in [-0.25, -0.2) is 0 Å². The molecule has 3 heterocycles. The number of nitrogens with one attached hydrogen (secondary N) is 2. The molecule has 4 rings (SSSR count). The van der Waals surface area contributed by atoms with Gasteiger partial charge < -0.3 is 15.4 Å². The topological polar surface area (TPSA) is 63.2 Å². The van der Waals surface area contributed by atoms with Crippen LogP contribution in [-0.4, -0.2) is 23.0 Å². The van der Waals surface area contributed by atoms with Crippen LogP contribution in [0, 0.1) is 5.92 Å². The van der Waals surface area contributed by atoms with Crippen LogP contribution in [0.15, 0.2) is 48.8 Å². The lowest BCUT2D eigenvalue weighted by Crippen LogP contribution is -2.39. The second-order valence-corrected chi connectivity index (χ2v) is 7.04. The van der Waals surface area contributed by atoms with Crippen LogP contribution in [0.5, 0.6) is 11.5 Å². The van der Waals surface area contributed by atoms with Crippen molar-refractivity contribution in [3.63, 3.8) is 0 Å². The summed E-state index contributed by atoms with van der Waals surface area (Å²) in [5.74, 6) is 2.01. The first-order chi connectivity index (χ1) is 12.2. The number of anilines is 1. The summed E-state index contributed by atoms with van der Waals surface area (Å²) in [4.78, 5) is 16.4. The molecule has 0 radical (unpaired) electrons.